The minimum absolute atomic E-state index is 0.0643. The van der Waals surface area contributed by atoms with Crippen molar-refractivity contribution in [1.82, 2.24) is 29.1 Å². The monoisotopic (exact) mass is 677 g/mol. The number of hydrogen-bond donors (Lipinski definition) is 2. The smallest absolute Gasteiger partial charge is 0.382 e. The zero-order valence-corrected chi connectivity index (χ0v) is 25.7. The van der Waals surface area contributed by atoms with Gasteiger partial charge in [-0.15, -0.1) is 4.67 Å². The molecule has 2 unspecified atom stereocenters. The third-order valence-corrected chi connectivity index (χ3v) is 9.95. The van der Waals surface area contributed by atoms with E-state index in [9.17, 15) is 18.7 Å². The van der Waals surface area contributed by atoms with Crippen molar-refractivity contribution in [3.8, 4) is 0 Å². The van der Waals surface area contributed by atoms with Crippen molar-refractivity contribution in [2.75, 3.05) is 40.3 Å². The van der Waals surface area contributed by atoms with Crippen LogP contribution in [0.15, 0.2) is 34.5 Å². The molecular formula is C22H29N7O14P2. The molecule has 246 valence electrons. The number of nitrogens with one attached hydrogen (secondary N) is 1. The van der Waals surface area contributed by atoms with E-state index in [0.29, 0.717) is 11.2 Å². The Kier molecular flexibility index (Phi) is 9.05. The van der Waals surface area contributed by atoms with E-state index in [1.165, 1.54) is 30.5 Å². The standard InChI is InChI=1S/C22H29N7O14P2/c1-34-17-16-13(40-21(17)29-10-26-15-18(23)24-9-25-19(15)29)8-38-45(33,43-35-2)41-12-6-11(7-37-44(32,36-3)42-16)39-20(12)28-5-4-14(30)27-22(28)31/h4-5,9-13,16-17,20-21H,6-8H2,1-3H3,(H2,23,24,25)(H,27,30,31)/t11-,12+,13+,16+,17+,20+,21+,44?,45?/m0/s1. The number of rotatable bonds is 6. The first-order valence-corrected chi connectivity index (χ1v) is 16.2. The number of H-pyrrole nitrogens is 1. The number of hydrogen-bond acceptors (Lipinski definition) is 18. The first kappa shape index (κ1) is 32.0. The summed E-state index contributed by atoms with van der Waals surface area (Å²) in [5.74, 6) is 0.124. The number of nitrogens with zero attached hydrogens (tertiary/aromatic N) is 5. The van der Waals surface area contributed by atoms with Gasteiger partial charge in [-0.2, -0.15) is 0 Å². The van der Waals surface area contributed by atoms with Gasteiger partial charge < -0.3 is 19.9 Å². The molecule has 3 aromatic rings. The van der Waals surface area contributed by atoms with Gasteiger partial charge in [-0.3, -0.25) is 41.5 Å². The van der Waals surface area contributed by atoms with Crippen LogP contribution < -0.4 is 17.0 Å². The maximum atomic E-state index is 13.8. The molecule has 23 heteroatoms. The van der Waals surface area contributed by atoms with Gasteiger partial charge in [-0.25, -0.2) is 33.8 Å². The van der Waals surface area contributed by atoms with Crippen LogP contribution in [0.4, 0.5) is 5.82 Å². The lowest BCUT2D eigenvalue weighted by Crippen LogP contribution is -2.38. The van der Waals surface area contributed by atoms with Crippen LogP contribution in [0.5, 0.6) is 0 Å². The van der Waals surface area contributed by atoms with Gasteiger partial charge in [0.1, 0.15) is 36.3 Å². The van der Waals surface area contributed by atoms with E-state index in [-0.39, 0.29) is 12.2 Å². The van der Waals surface area contributed by atoms with Crippen molar-refractivity contribution < 1.29 is 55.5 Å². The van der Waals surface area contributed by atoms with Gasteiger partial charge in [0.05, 0.1) is 32.8 Å². The Hall–Kier alpha value is -2.91. The van der Waals surface area contributed by atoms with Crippen molar-refractivity contribution >= 4 is 32.6 Å². The van der Waals surface area contributed by atoms with Crippen molar-refractivity contribution in [3.63, 3.8) is 0 Å². The van der Waals surface area contributed by atoms with Gasteiger partial charge in [0.2, 0.25) is 0 Å². The molecule has 3 aliphatic heterocycles. The zero-order valence-electron chi connectivity index (χ0n) is 23.9. The summed E-state index contributed by atoms with van der Waals surface area (Å²) in [7, 11) is -5.42. The molecule has 45 heavy (non-hydrogen) atoms. The lowest BCUT2D eigenvalue weighted by Gasteiger charge is -2.28. The van der Waals surface area contributed by atoms with E-state index in [2.05, 4.69) is 24.8 Å². The Bertz CT molecular complexity index is 1750. The number of nitrogen functional groups attached to an aromatic ring is 1. The van der Waals surface area contributed by atoms with E-state index in [0.717, 1.165) is 24.9 Å². The molecule has 0 radical (unpaired) electrons. The molecule has 3 fully saturated rings. The molecule has 0 saturated carbocycles. The van der Waals surface area contributed by atoms with Gasteiger partial charge >= 0.3 is 21.3 Å². The molecule has 3 aromatic heterocycles. The lowest BCUT2D eigenvalue weighted by molar-refractivity contribution is -0.207. The SMILES string of the molecule is COOP1(=O)OC[C@H]2O[C@@H](n3cnc4c(N)ncnc43)[C@H](OC)[C@@H]2OP(=O)(OC)OC[C@@H]2C[C@@H](O1)[C@H](n1ccc(=O)[nH]c1=O)O2. The van der Waals surface area contributed by atoms with Crippen molar-refractivity contribution in [3.05, 3.63) is 45.8 Å². The summed E-state index contributed by atoms with van der Waals surface area (Å²) in [6.07, 6.45) is -4.05. The Balaban J connectivity index is 1.36. The minimum Gasteiger partial charge on any atom is -0.382 e. The van der Waals surface area contributed by atoms with Crippen LogP contribution in [-0.2, 0) is 55.5 Å². The summed E-state index contributed by atoms with van der Waals surface area (Å²) in [5.41, 5.74) is 5.04. The summed E-state index contributed by atoms with van der Waals surface area (Å²) in [6, 6.07) is 1.09. The largest absolute Gasteiger partial charge is 0.502 e. The van der Waals surface area contributed by atoms with E-state index in [1.54, 1.807) is 0 Å². The molecule has 9 atom stereocenters. The van der Waals surface area contributed by atoms with Crippen molar-refractivity contribution in [2.24, 2.45) is 0 Å². The van der Waals surface area contributed by atoms with E-state index in [4.69, 9.17) is 47.2 Å². The van der Waals surface area contributed by atoms with E-state index >= 15 is 0 Å². The van der Waals surface area contributed by atoms with Gasteiger partial charge in [0, 0.05) is 32.9 Å². The topological polar surface area (TPSA) is 251 Å². The lowest BCUT2D eigenvalue weighted by atomic mass is 10.1. The number of aromatic nitrogens is 6. The van der Waals surface area contributed by atoms with Crippen LogP contribution in [0, 0.1) is 0 Å². The molecule has 3 aliphatic rings. The average Bonchev–Trinajstić information content (AvgIpc) is 3.70. The van der Waals surface area contributed by atoms with Gasteiger partial charge in [0.25, 0.3) is 5.56 Å². The molecule has 6 rings (SSSR count). The number of methoxy groups -OCH3 is 1. The Labute approximate surface area is 252 Å². The van der Waals surface area contributed by atoms with Crippen LogP contribution in [0.1, 0.15) is 18.9 Å². The van der Waals surface area contributed by atoms with Crippen molar-refractivity contribution in [1.29, 1.82) is 0 Å². The Morgan fingerprint density at radius 2 is 1.78 bits per heavy atom. The number of imidazole rings is 1. The second-order valence-corrected chi connectivity index (χ2v) is 13.1. The fourth-order valence-corrected chi connectivity index (χ4v) is 7.56. The number of ether oxygens (including phenoxy) is 3. The van der Waals surface area contributed by atoms with Crippen molar-refractivity contribution in [2.45, 2.75) is 49.4 Å². The summed E-state index contributed by atoms with van der Waals surface area (Å²) < 4.78 is 81.0. The van der Waals surface area contributed by atoms with Gasteiger partial charge in [-0.05, 0) is 0 Å². The number of fused-ring (bicyclic) bond motifs is 4. The van der Waals surface area contributed by atoms with E-state index in [1.807, 2.05) is 0 Å². The molecule has 2 bridgehead atoms. The summed E-state index contributed by atoms with van der Waals surface area (Å²) >= 11 is 0. The number of aromatic amines is 1. The fourth-order valence-electron chi connectivity index (χ4n) is 5.23. The summed E-state index contributed by atoms with van der Waals surface area (Å²) in [6.45, 7) is -0.951. The van der Waals surface area contributed by atoms with E-state index < -0.39 is 83.1 Å². The maximum Gasteiger partial charge on any atom is 0.502 e. The Morgan fingerprint density at radius 3 is 2.51 bits per heavy atom. The highest BCUT2D eigenvalue weighted by Gasteiger charge is 2.53. The maximum absolute atomic E-state index is 13.8. The zero-order chi connectivity index (χ0) is 31.9. The number of phosphoric ester groups is 2. The highest BCUT2D eigenvalue weighted by molar-refractivity contribution is 7.48. The van der Waals surface area contributed by atoms with Crippen LogP contribution in [0.2, 0.25) is 0 Å². The molecule has 6 heterocycles. The third kappa shape index (κ3) is 6.27. The molecule has 0 aliphatic carbocycles. The van der Waals surface area contributed by atoms with Crippen LogP contribution >= 0.6 is 15.6 Å². The molecule has 0 spiro atoms. The summed E-state index contributed by atoms with van der Waals surface area (Å²) in [4.78, 5) is 43.4. The van der Waals surface area contributed by atoms with Gasteiger partial charge in [-0.1, -0.05) is 0 Å². The molecule has 21 nitrogen and oxygen atoms in total. The first-order chi connectivity index (χ1) is 21.6. The Morgan fingerprint density at radius 1 is 0.978 bits per heavy atom. The molecular weight excluding hydrogens is 648 g/mol. The normalized spacial score (nSPS) is 35.8. The predicted octanol–water partition coefficient (Wildman–Crippen LogP) is 0.416. The molecule has 0 amide bonds. The third-order valence-electron chi connectivity index (χ3n) is 7.21. The van der Waals surface area contributed by atoms with Crippen LogP contribution in [-0.4, -0.2) is 94.1 Å². The first-order valence-electron chi connectivity index (χ1n) is 13.3. The van der Waals surface area contributed by atoms with Gasteiger partial charge in [0.15, 0.2) is 23.9 Å². The highest BCUT2D eigenvalue weighted by atomic mass is 31.2. The minimum atomic E-state index is -4.61. The molecule has 3 N–H and O–H groups in total. The molecule has 0 aromatic carbocycles. The second-order valence-electron chi connectivity index (χ2n) is 9.87. The molecule has 3 saturated heterocycles. The fraction of sp³-hybridized carbons (Fsp3) is 0.591. The average molecular weight is 677 g/mol. The van der Waals surface area contributed by atoms with Crippen LogP contribution in [0.3, 0.4) is 0 Å². The quantitative estimate of drug-likeness (QED) is 0.204. The second kappa shape index (κ2) is 12.7. The number of nitrogens with two attached hydrogens (primary N) is 1. The highest BCUT2D eigenvalue weighted by Crippen LogP contribution is 2.57. The number of phosphoric acid groups is 2. The predicted molar refractivity (Wildman–Crippen MR) is 146 cm³/mol. The summed E-state index contributed by atoms with van der Waals surface area (Å²) in [5, 5.41) is 0. The number of anilines is 1. The van der Waals surface area contributed by atoms with Crippen LogP contribution in [0.25, 0.3) is 11.2 Å².